The molecule has 1 aliphatic rings. The molecular formula is C24H33N3O3. The molecule has 1 saturated heterocycles. The molecule has 0 aliphatic carbocycles. The second-order valence-electron chi connectivity index (χ2n) is 8.01. The number of carbonyl (C=O) groups is 1. The van der Waals surface area contributed by atoms with Gasteiger partial charge in [-0.15, -0.1) is 0 Å². The Morgan fingerprint density at radius 3 is 2.87 bits per heavy atom. The number of hydrogen-bond donors (Lipinski definition) is 1. The van der Waals surface area contributed by atoms with Gasteiger partial charge < -0.3 is 14.8 Å². The average Bonchev–Trinajstić information content (AvgIpc) is 2.76. The van der Waals surface area contributed by atoms with Crippen molar-refractivity contribution in [1.29, 1.82) is 0 Å². The van der Waals surface area contributed by atoms with Gasteiger partial charge in [-0.25, -0.2) is 0 Å². The number of nitrogens with zero attached hydrogens (tertiary/aromatic N) is 2. The summed E-state index contributed by atoms with van der Waals surface area (Å²) in [6.45, 7) is 5.52. The quantitative estimate of drug-likeness (QED) is 0.681. The number of amides is 1. The molecule has 1 atom stereocenters. The van der Waals surface area contributed by atoms with Gasteiger partial charge in [0.05, 0.1) is 19.9 Å². The summed E-state index contributed by atoms with van der Waals surface area (Å²) < 4.78 is 10.6. The van der Waals surface area contributed by atoms with Crippen molar-refractivity contribution in [2.24, 2.45) is 5.92 Å². The first-order valence-corrected chi connectivity index (χ1v) is 10.7. The molecule has 0 radical (unpaired) electrons. The molecule has 0 bridgehead atoms. The van der Waals surface area contributed by atoms with Gasteiger partial charge >= 0.3 is 0 Å². The number of hydrogen-bond acceptors (Lipinski definition) is 5. The number of nitrogens with one attached hydrogen (secondary N) is 1. The van der Waals surface area contributed by atoms with Gasteiger partial charge in [0.2, 0.25) is 5.91 Å². The van der Waals surface area contributed by atoms with Gasteiger partial charge in [-0.05, 0) is 62.9 Å². The fourth-order valence-electron chi connectivity index (χ4n) is 4.06. The van der Waals surface area contributed by atoms with Crippen LogP contribution in [0.5, 0.6) is 11.5 Å². The Hall–Kier alpha value is -2.60. The van der Waals surface area contributed by atoms with Crippen molar-refractivity contribution < 1.29 is 14.3 Å². The zero-order valence-corrected chi connectivity index (χ0v) is 18.3. The smallest absolute Gasteiger partial charge is 0.220 e. The summed E-state index contributed by atoms with van der Waals surface area (Å²) in [6.07, 6.45) is 3.85. The summed E-state index contributed by atoms with van der Waals surface area (Å²) in [5.74, 6) is 2.11. The number of methoxy groups -OCH3 is 2. The van der Waals surface area contributed by atoms with Crippen LogP contribution in [0.4, 0.5) is 0 Å². The van der Waals surface area contributed by atoms with Gasteiger partial charge in [0.15, 0.2) is 0 Å². The van der Waals surface area contributed by atoms with Crippen LogP contribution in [0.15, 0.2) is 36.4 Å². The number of pyridine rings is 1. The summed E-state index contributed by atoms with van der Waals surface area (Å²) in [4.78, 5) is 19.5. The molecule has 1 fully saturated rings. The van der Waals surface area contributed by atoms with E-state index in [0.29, 0.717) is 18.9 Å². The fourth-order valence-corrected chi connectivity index (χ4v) is 4.06. The molecule has 162 valence electrons. The number of aromatic nitrogens is 1. The predicted molar refractivity (Wildman–Crippen MR) is 118 cm³/mol. The van der Waals surface area contributed by atoms with E-state index >= 15 is 0 Å². The maximum Gasteiger partial charge on any atom is 0.220 e. The van der Waals surface area contributed by atoms with Gasteiger partial charge in [-0.3, -0.25) is 14.7 Å². The van der Waals surface area contributed by atoms with Crippen molar-refractivity contribution in [3.05, 3.63) is 53.3 Å². The van der Waals surface area contributed by atoms with Crippen LogP contribution in [0.2, 0.25) is 0 Å². The van der Waals surface area contributed by atoms with Crippen molar-refractivity contribution in [2.45, 2.75) is 45.7 Å². The van der Waals surface area contributed by atoms with E-state index < -0.39 is 0 Å². The molecule has 6 nitrogen and oxygen atoms in total. The first kappa shape index (κ1) is 22.1. The second-order valence-corrected chi connectivity index (χ2v) is 8.01. The summed E-state index contributed by atoms with van der Waals surface area (Å²) >= 11 is 0. The molecule has 30 heavy (non-hydrogen) atoms. The lowest BCUT2D eigenvalue weighted by atomic mass is 9.93. The third kappa shape index (κ3) is 6.46. The molecule has 1 aromatic heterocycles. The number of rotatable bonds is 9. The molecule has 0 spiro atoms. The average molecular weight is 412 g/mol. The first-order valence-electron chi connectivity index (χ1n) is 10.7. The van der Waals surface area contributed by atoms with Gasteiger partial charge in [-0.2, -0.15) is 0 Å². The minimum atomic E-state index is 0.0883. The minimum Gasteiger partial charge on any atom is -0.497 e. The van der Waals surface area contributed by atoms with E-state index in [1.54, 1.807) is 14.2 Å². The van der Waals surface area contributed by atoms with E-state index in [1.165, 1.54) is 12.8 Å². The monoisotopic (exact) mass is 411 g/mol. The Morgan fingerprint density at radius 1 is 1.23 bits per heavy atom. The van der Waals surface area contributed by atoms with Crippen LogP contribution >= 0.6 is 0 Å². The van der Waals surface area contributed by atoms with Gasteiger partial charge in [0, 0.05) is 43.4 Å². The highest BCUT2D eigenvalue weighted by atomic mass is 16.5. The largest absolute Gasteiger partial charge is 0.497 e. The molecule has 1 amide bonds. The van der Waals surface area contributed by atoms with Crippen molar-refractivity contribution >= 4 is 5.91 Å². The van der Waals surface area contributed by atoms with Crippen LogP contribution < -0.4 is 14.8 Å². The van der Waals surface area contributed by atoms with E-state index in [-0.39, 0.29) is 5.91 Å². The third-order valence-corrected chi connectivity index (χ3v) is 5.68. The maximum absolute atomic E-state index is 12.4. The van der Waals surface area contributed by atoms with Crippen molar-refractivity contribution in [3.63, 3.8) is 0 Å². The van der Waals surface area contributed by atoms with Crippen molar-refractivity contribution in [3.8, 4) is 11.5 Å². The predicted octanol–water partition coefficient (Wildman–Crippen LogP) is 3.72. The highest BCUT2D eigenvalue weighted by Crippen LogP contribution is 2.25. The van der Waals surface area contributed by atoms with Crippen LogP contribution in [0.3, 0.4) is 0 Å². The summed E-state index contributed by atoms with van der Waals surface area (Å²) in [6, 6.07) is 11.8. The highest BCUT2D eigenvalue weighted by Gasteiger charge is 2.21. The number of aryl methyl sites for hydroxylation is 1. The highest BCUT2D eigenvalue weighted by molar-refractivity contribution is 5.75. The van der Waals surface area contributed by atoms with Crippen molar-refractivity contribution in [2.75, 3.05) is 27.3 Å². The number of likely N-dealkylation sites (tertiary alicyclic amines) is 1. The van der Waals surface area contributed by atoms with Gasteiger partial charge in [0.1, 0.15) is 11.5 Å². The second kappa shape index (κ2) is 11.0. The summed E-state index contributed by atoms with van der Waals surface area (Å²) in [5.41, 5.74) is 3.13. The molecule has 3 rings (SSSR count). The topological polar surface area (TPSA) is 63.7 Å². The van der Waals surface area contributed by atoms with Gasteiger partial charge in [-0.1, -0.05) is 6.07 Å². The number of piperidine rings is 1. The van der Waals surface area contributed by atoms with Crippen LogP contribution in [0.25, 0.3) is 0 Å². The lowest BCUT2D eigenvalue weighted by Gasteiger charge is -2.32. The molecule has 0 saturated carbocycles. The number of benzene rings is 1. The van der Waals surface area contributed by atoms with Crippen LogP contribution in [-0.2, 0) is 17.9 Å². The lowest BCUT2D eigenvalue weighted by Crippen LogP contribution is -2.35. The molecule has 1 aliphatic heterocycles. The Labute approximate surface area is 179 Å². The Morgan fingerprint density at radius 2 is 2.10 bits per heavy atom. The van der Waals surface area contributed by atoms with Crippen LogP contribution in [0, 0.1) is 12.8 Å². The van der Waals surface area contributed by atoms with Crippen LogP contribution in [-0.4, -0.2) is 43.1 Å². The zero-order valence-electron chi connectivity index (χ0n) is 18.3. The maximum atomic E-state index is 12.4. The van der Waals surface area contributed by atoms with Crippen LogP contribution in [0.1, 0.15) is 42.6 Å². The summed E-state index contributed by atoms with van der Waals surface area (Å²) in [5, 5.41) is 3.02. The van der Waals surface area contributed by atoms with Crippen molar-refractivity contribution in [1.82, 2.24) is 15.2 Å². The zero-order chi connectivity index (χ0) is 21.3. The molecular weight excluding hydrogens is 378 g/mol. The van der Waals surface area contributed by atoms with E-state index in [2.05, 4.69) is 27.3 Å². The van der Waals surface area contributed by atoms with E-state index in [0.717, 1.165) is 54.5 Å². The number of ether oxygens (including phenoxy) is 2. The molecule has 1 aromatic carbocycles. The Balaban J connectivity index is 1.43. The molecule has 2 aromatic rings. The standard InChI is InChI=1S/C24H33N3O3/c1-18-6-4-8-21(26-18)17-27-13-5-7-19(16-27)9-12-24(28)25-15-20-10-11-22(29-2)14-23(20)30-3/h4,6,8,10-11,14,19H,5,7,9,12-13,15-17H2,1-3H3,(H,25,28)/t19-/m0/s1. The normalized spacial score (nSPS) is 16.8. The third-order valence-electron chi connectivity index (χ3n) is 5.68. The molecule has 1 N–H and O–H groups in total. The number of carbonyl (C=O) groups excluding carboxylic acids is 1. The first-order chi connectivity index (χ1) is 14.6. The van der Waals surface area contributed by atoms with Gasteiger partial charge in [0.25, 0.3) is 0 Å². The van der Waals surface area contributed by atoms with E-state index in [9.17, 15) is 4.79 Å². The fraction of sp³-hybridized carbons (Fsp3) is 0.500. The molecule has 2 heterocycles. The SMILES string of the molecule is COc1ccc(CNC(=O)CC[C@@H]2CCCN(Cc3cccc(C)n3)C2)c(OC)c1. The van der Waals surface area contributed by atoms with E-state index in [1.807, 2.05) is 31.2 Å². The molecule has 0 unspecified atom stereocenters. The van der Waals surface area contributed by atoms with E-state index in [4.69, 9.17) is 9.47 Å². The molecule has 6 heteroatoms. The Bertz CT molecular complexity index is 840. The summed E-state index contributed by atoms with van der Waals surface area (Å²) in [7, 11) is 3.25. The lowest BCUT2D eigenvalue weighted by molar-refractivity contribution is -0.121. The Kier molecular flexibility index (Phi) is 8.08. The minimum absolute atomic E-state index is 0.0883.